The number of nitrogens with zero attached hydrogens (tertiary/aromatic N) is 2. The summed E-state index contributed by atoms with van der Waals surface area (Å²) < 4.78 is 31.6. The molecule has 0 fully saturated rings. The average Bonchev–Trinajstić information content (AvgIpc) is 2.81. The van der Waals surface area contributed by atoms with E-state index in [1.807, 2.05) is 7.05 Å². The summed E-state index contributed by atoms with van der Waals surface area (Å²) in [6, 6.07) is 3.44. The Labute approximate surface area is 109 Å². The smallest absolute Gasteiger partial charge is 0.221 e. The summed E-state index contributed by atoms with van der Waals surface area (Å²) in [6.07, 6.45) is 1.74. The van der Waals surface area contributed by atoms with Crippen LogP contribution in [0.25, 0.3) is 0 Å². The largest absolute Gasteiger partial charge is 0.425 e. The topological polar surface area (TPSA) is 51.0 Å². The maximum Gasteiger partial charge on any atom is 0.221 e. The van der Waals surface area contributed by atoms with Crippen LogP contribution in [0.15, 0.2) is 22.6 Å². The second kappa shape index (κ2) is 6.38. The zero-order chi connectivity index (χ0) is 13.7. The number of hydrogen-bond acceptors (Lipinski definition) is 4. The van der Waals surface area contributed by atoms with Gasteiger partial charge in [-0.2, -0.15) is 0 Å². The number of nitrogens with one attached hydrogen (secondary N) is 1. The molecule has 0 atom stereocenters. The molecule has 0 aliphatic carbocycles. The van der Waals surface area contributed by atoms with Crippen molar-refractivity contribution in [2.45, 2.75) is 19.3 Å². The van der Waals surface area contributed by atoms with E-state index in [2.05, 4.69) is 15.5 Å². The van der Waals surface area contributed by atoms with Crippen molar-refractivity contribution in [2.24, 2.45) is 0 Å². The number of aromatic nitrogens is 2. The lowest BCUT2D eigenvalue weighted by Crippen LogP contribution is -2.08. The predicted octanol–water partition coefficient (Wildman–Crippen LogP) is 2.09. The Hall–Kier alpha value is -1.82. The van der Waals surface area contributed by atoms with Crippen molar-refractivity contribution in [1.82, 2.24) is 15.5 Å². The summed E-state index contributed by atoms with van der Waals surface area (Å²) in [4.78, 5) is 0. The Bertz CT molecular complexity index is 542. The molecule has 0 bridgehead atoms. The maximum atomic E-state index is 13.5. The lowest BCUT2D eigenvalue weighted by molar-refractivity contribution is 0.448. The highest BCUT2D eigenvalue weighted by Crippen LogP contribution is 2.14. The number of hydrogen-bond donors (Lipinski definition) is 1. The Morgan fingerprint density at radius 1 is 1.21 bits per heavy atom. The van der Waals surface area contributed by atoms with Crippen LogP contribution in [-0.2, 0) is 12.8 Å². The molecular weight excluding hydrogens is 252 g/mol. The Kier molecular flexibility index (Phi) is 4.57. The van der Waals surface area contributed by atoms with Crippen LogP contribution < -0.4 is 5.32 Å². The SMILES string of the molecule is CNCCCc1nnc(Cc2ccc(F)cc2F)o1. The fourth-order valence-electron chi connectivity index (χ4n) is 1.71. The van der Waals surface area contributed by atoms with Crippen LogP contribution in [0.2, 0.25) is 0 Å². The lowest BCUT2D eigenvalue weighted by atomic mass is 10.1. The second-order valence-electron chi connectivity index (χ2n) is 4.21. The minimum Gasteiger partial charge on any atom is -0.425 e. The molecule has 0 spiro atoms. The minimum atomic E-state index is -0.602. The highest BCUT2D eigenvalue weighted by atomic mass is 19.1. The fraction of sp³-hybridized carbons (Fsp3) is 0.385. The molecule has 2 aromatic rings. The molecule has 0 aliphatic rings. The van der Waals surface area contributed by atoms with E-state index >= 15 is 0 Å². The summed E-state index contributed by atoms with van der Waals surface area (Å²) in [5, 5.41) is 10.8. The highest BCUT2D eigenvalue weighted by Gasteiger charge is 2.10. The maximum absolute atomic E-state index is 13.5. The molecule has 4 nitrogen and oxygen atoms in total. The van der Waals surface area contributed by atoms with Crippen molar-refractivity contribution in [3.63, 3.8) is 0 Å². The van der Waals surface area contributed by atoms with Crippen molar-refractivity contribution in [1.29, 1.82) is 0 Å². The molecule has 0 saturated heterocycles. The van der Waals surface area contributed by atoms with E-state index in [0.717, 1.165) is 19.0 Å². The average molecular weight is 267 g/mol. The second-order valence-corrected chi connectivity index (χ2v) is 4.21. The standard InChI is InChI=1S/C13H15F2N3O/c1-16-6-2-3-12-17-18-13(19-12)7-9-4-5-10(14)8-11(9)15/h4-5,8,16H,2-3,6-7H2,1H3. The van der Waals surface area contributed by atoms with Gasteiger partial charge in [0.2, 0.25) is 11.8 Å². The van der Waals surface area contributed by atoms with Gasteiger partial charge in [-0.05, 0) is 31.6 Å². The van der Waals surface area contributed by atoms with Gasteiger partial charge in [0.15, 0.2) is 0 Å². The van der Waals surface area contributed by atoms with E-state index in [9.17, 15) is 8.78 Å². The van der Waals surface area contributed by atoms with Gasteiger partial charge in [0.05, 0.1) is 6.42 Å². The van der Waals surface area contributed by atoms with Crippen LogP contribution in [-0.4, -0.2) is 23.8 Å². The molecule has 0 unspecified atom stereocenters. The third-order valence-electron chi connectivity index (χ3n) is 2.68. The summed E-state index contributed by atoms with van der Waals surface area (Å²) >= 11 is 0. The van der Waals surface area contributed by atoms with Crippen LogP contribution in [0.1, 0.15) is 23.8 Å². The molecule has 0 radical (unpaired) electrons. The molecule has 19 heavy (non-hydrogen) atoms. The number of rotatable bonds is 6. The normalized spacial score (nSPS) is 10.9. The number of benzene rings is 1. The van der Waals surface area contributed by atoms with E-state index in [0.29, 0.717) is 23.8 Å². The van der Waals surface area contributed by atoms with Gasteiger partial charge in [-0.15, -0.1) is 10.2 Å². The van der Waals surface area contributed by atoms with Crippen LogP contribution in [0, 0.1) is 11.6 Å². The van der Waals surface area contributed by atoms with Gasteiger partial charge in [-0.3, -0.25) is 0 Å². The van der Waals surface area contributed by atoms with Crippen molar-refractivity contribution in [3.05, 3.63) is 47.2 Å². The van der Waals surface area contributed by atoms with Crippen LogP contribution in [0.3, 0.4) is 0 Å². The number of aryl methyl sites for hydroxylation is 1. The first-order valence-corrected chi connectivity index (χ1v) is 6.09. The molecule has 0 aliphatic heterocycles. The first-order chi connectivity index (χ1) is 9.19. The molecular formula is C13H15F2N3O. The van der Waals surface area contributed by atoms with Crippen LogP contribution >= 0.6 is 0 Å². The molecule has 0 saturated carbocycles. The van der Waals surface area contributed by atoms with E-state index in [4.69, 9.17) is 4.42 Å². The monoisotopic (exact) mass is 267 g/mol. The summed E-state index contributed by atoms with van der Waals surface area (Å²) in [5.74, 6) is -0.327. The van der Waals surface area contributed by atoms with Crippen molar-refractivity contribution < 1.29 is 13.2 Å². The van der Waals surface area contributed by atoms with Gasteiger partial charge in [0, 0.05) is 12.5 Å². The van der Waals surface area contributed by atoms with E-state index in [1.165, 1.54) is 12.1 Å². The molecule has 1 N–H and O–H groups in total. The molecule has 2 rings (SSSR count). The molecule has 6 heteroatoms. The number of halogens is 2. The van der Waals surface area contributed by atoms with Gasteiger partial charge in [-0.1, -0.05) is 6.07 Å². The Balaban J connectivity index is 1.99. The third-order valence-corrected chi connectivity index (χ3v) is 2.68. The van der Waals surface area contributed by atoms with Gasteiger partial charge in [0.25, 0.3) is 0 Å². The molecule has 1 heterocycles. The van der Waals surface area contributed by atoms with Crippen molar-refractivity contribution in [3.8, 4) is 0 Å². The molecule has 1 aromatic carbocycles. The Morgan fingerprint density at radius 2 is 2.00 bits per heavy atom. The molecule has 102 valence electrons. The zero-order valence-electron chi connectivity index (χ0n) is 10.6. The van der Waals surface area contributed by atoms with Gasteiger partial charge >= 0.3 is 0 Å². The molecule has 1 aromatic heterocycles. The van der Waals surface area contributed by atoms with Gasteiger partial charge in [-0.25, -0.2) is 8.78 Å². The first kappa shape index (κ1) is 13.6. The summed E-state index contributed by atoms with van der Waals surface area (Å²) in [6.45, 7) is 0.865. The quantitative estimate of drug-likeness (QED) is 0.814. The zero-order valence-corrected chi connectivity index (χ0v) is 10.6. The lowest BCUT2D eigenvalue weighted by Gasteiger charge is -1.99. The Morgan fingerprint density at radius 3 is 2.74 bits per heavy atom. The van der Waals surface area contributed by atoms with Gasteiger partial charge < -0.3 is 9.73 Å². The highest BCUT2D eigenvalue weighted by molar-refractivity contribution is 5.21. The van der Waals surface area contributed by atoms with Crippen LogP contribution in [0.5, 0.6) is 0 Å². The summed E-state index contributed by atoms with van der Waals surface area (Å²) in [7, 11) is 1.87. The van der Waals surface area contributed by atoms with Crippen molar-refractivity contribution >= 4 is 0 Å². The van der Waals surface area contributed by atoms with Crippen LogP contribution in [0.4, 0.5) is 8.78 Å². The third kappa shape index (κ3) is 3.82. The minimum absolute atomic E-state index is 0.172. The molecule has 0 amide bonds. The predicted molar refractivity (Wildman–Crippen MR) is 65.7 cm³/mol. The van der Waals surface area contributed by atoms with Crippen molar-refractivity contribution in [2.75, 3.05) is 13.6 Å². The fourth-order valence-corrected chi connectivity index (χ4v) is 1.71. The van der Waals surface area contributed by atoms with Gasteiger partial charge in [0.1, 0.15) is 11.6 Å². The first-order valence-electron chi connectivity index (χ1n) is 6.09. The summed E-state index contributed by atoms with van der Waals surface area (Å²) in [5.41, 5.74) is 0.340. The van der Waals surface area contributed by atoms with E-state index in [1.54, 1.807) is 0 Å². The van der Waals surface area contributed by atoms with E-state index < -0.39 is 11.6 Å². The van der Waals surface area contributed by atoms with E-state index in [-0.39, 0.29) is 6.42 Å².